The standard InChI is InChI=1S/C17H30/c1-6-15(4)11-9-13-17(8-3)14-10-12-16(5)7-2/h11-13H,6-10,14H2,1-5H3. The normalized spacial score (nSPS) is 14.3. The van der Waals surface area contributed by atoms with Crippen LogP contribution in [0, 0.1) is 0 Å². The zero-order chi connectivity index (χ0) is 13.1. The van der Waals surface area contributed by atoms with Gasteiger partial charge in [-0.05, 0) is 52.4 Å². The molecule has 0 heteroatoms. The second-order valence-corrected chi connectivity index (χ2v) is 4.80. The van der Waals surface area contributed by atoms with Crippen LogP contribution in [-0.4, -0.2) is 0 Å². The lowest BCUT2D eigenvalue weighted by Gasteiger charge is -2.03. The summed E-state index contributed by atoms with van der Waals surface area (Å²) in [6.45, 7) is 11.1. The molecule has 0 heterocycles. The zero-order valence-electron chi connectivity index (χ0n) is 12.5. The Morgan fingerprint density at radius 3 is 1.88 bits per heavy atom. The van der Waals surface area contributed by atoms with Crippen molar-refractivity contribution in [2.45, 2.75) is 73.1 Å². The second kappa shape index (κ2) is 10.4. The molecule has 0 unspecified atom stereocenters. The molecule has 0 radical (unpaired) electrons. The molecule has 0 N–H and O–H groups in total. The first-order valence-electron chi connectivity index (χ1n) is 7.13. The lowest BCUT2D eigenvalue weighted by Crippen LogP contribution is -1.82. The second-order valence-electron chi connectivity index (χ2n) is 4.80. The van der Waals surface area contributed by atoms with Gasteiger partial charge in [-0.15, -0.1) is 0 Å². The minimum Gasteiger partial charge on any atom is -0.0853 e. The molecular formula is C17H30. The summed E-state index contributed by atoms with van der Waals surface area (Å²) in [6, 6.07) is 0. The summed E-state index contributed by atoms with van der Waals surface area (Å²) in [4.78, 5) is 0. The van der Waals surface area contributed by atoms with Crippen LogP contribution in [0.2, 0.25) is 0 Å². The predicted octanol–water partition coefficient (Wildman–Crippen LogP) is 6.21. The van der Waals surface area contributed by atoms with Gasteiger partial charge in [-0.2, -0.15) is 0 Å². The maximum atomic E-state index is 2.41. The molecule has 0 spiro atoms. The van der Waals surface area contributed by atoms with Crippen molar-refractivity contribution in [2.75, 3.05) is 0 Å². The van der Waals surface area contributed by atoms with Crippen molar-refractivity contribution in [1.29, 1.82) is 0 Å². The van der Waals surface area contributed by atoms with Crippen LogP contribution in [0.3, 0.4) is 0 Å². The molecule has 0 aliphatic heterocycles. The highest BCUT2D eigenvalue weighted by atomic mass is 14.0. The highest BCUT2D eigenvalue weighted by Gasteiger charge is 1.93. The average Bonchev–Trinajstić information content (AvgIpc) is 2.36. The van der Waals surface area contributed by atoms with Crippen LogP contribution in [0.15, 0.2) is 34.9 Å². The lowest BCUT2D eigenvalue weighted by atomic mass is 10.0. The Kier molecular flexibility index (Phi) is 9.90. The van der Waals surface area contributed by atoms with E-state index >= 15 is 0 Å². The Morgan fingerprint density at radius 2 is 1.35 bits per heavy atom. The first kappa shape index (κ1) is 16.2. The molecule has 0 aromatic carbocycles. The Morgan fingerprint density at radius 1 is 0.765 bits per heavy atom. The van der Waals surface area contributed by atoms with Gasteiger partial charge in [-0.3, -0.25) is 0 Å². The van der Waals surface area contributed by atoms with E-state index in [2.05, 4.69) is 52.8 Å². The van der Waals surface area contributed by atoms with E-state index in [0.717, 1.165) is 6.42 Å². The van der Waals surface area contributed by atoms with Crippen LogP contribution < -0.4 is 0 Å². The van der Waals surface area contributed by atoms with E-state index < -0.39 is 0 Å². The number of allylic oxidation sites excluding steroid dienone is 6. The molecule has 0 rings (SSSR count). The largest absolute Gasteiger partial charge is 0.0853 e. The molecule has 0 saturated heterocycles. The van der Waals surface area contributed by atoms with E-state index in [0.29, 0.717) is 0 Å². The predicted molar refractivity (Wildman–Crippen MR) is 80.3 cm³/mol. The third-order valence-corrected chi connectivity index (χ3v) is 3.40. The van der Waals surface area contributed by atoms with E-state index in [9.17, 15) is 0 Å². The van der Waals surface area contributed by atoms with Crippen LogP contribution in [0.1, 0.15) is 73.1 Å². The van der Waals surface area contributed by atoms with Crippen LogP contribution in [0.4, 0.5) is 0 Å². The SMILES string of the molecule is CCC(C)=CCC=C(CC)CCC=C(C)CC. The van der Waals surface area contributed by atoms with E-state index in [-0.39, 0.29) is 0 Å². The van der Waals surface area contributed by atoms with Crippen molar-refractivity contribution in [1.82, 2.24) is 0 Å². The van der Waals surface area contributed by atoms with Gasteiger partial charge < -0.3 is 0 Å². The average molecular weight is 234 g/mol. The van der Waals surface area contributed by atoms with Crippen molar-refractivity contribution >= 4 is 0 Å². The third kappa shape index (κ3) is 8.97. The van der Waals surface area contributed by atoms with E-state index in [1.165, 1.54) is 43.3 Å². The van der Waals surface area contributed by atoms with Crippen LogP contribution >= 0.6 is 0 Å². The monoisotopic (exact) mass is 234 g/mol. The van der Waals surface area contributed by atoms with Crippen LogP contribution in [-0.2, 0) is 0 Å². The molecule has 0 bridgehead atoms. The van der Waals surface area contributed by atoms with Crippen molar-refractivity contribution in [3.05, 3.63) is 34.9 Å². The molecule has 0 fully saturated rings. The van der Waals surface area contributed by atoms with E-state index in [4.69, 9.17) is 0 Å². The maximum absolute atomic E-state index is 2.41. The van der Waals surface area contributed by atoms with E-state index in [1.54, 1.807) is 5.57 Å². The topological polar surface area (TPSA) is 0 Å². The molecule has 17 heavy (non-hydrogen) atoms. The molecule has 0 amide bonds. The quantitative estimate of drug-likeness (QED) is 0.438. The molecule has 0 aromatic heterocycles. The number of hydrogen-bond acceptors (Lipinski definition) is 0. The molecule has 0 saturated carbocycles. The fourth-order valence-corrected chi connectivity index (χ4v) is 1.64. The molecule has 0 atom stereocenters. The number of rotatable bonds is 8. The van der Waals surface area contributed by atoms with Crippen LogP contribution in [0.25, 0.3) is 0 Å². The fourth-order valence-electron chi connectivity index (χ4n) is 1.64. The first-order chi connectivity index (χ1) is 8.13. The summed E-state index contributed by atoms with van der Waals surface area (Å²) in [6.07, 6.45) is 14.2. The Hall–Kier alpha value is -0.780. The summed E-state index contributed by atoms with van der Waals surface area (Å²) in [7, 11) is 0. The highest BCUT2D eigenvalue weighted by Crippen LogP contribution is 2.13. The minimum atomic E-state index is 1.11. The first-order valence-corrected chi connectivity index (χ1v) is 7.13. The van der Waals surface area contributed by atoms with Gasteiger partial charge in [0, 0.05) is 0 Å². The Balaban J connectivity index is 4.11. The highest BCUT2D eigenvalue weighted by molar-refractivity contribution is 5.09. The molecule has 0 aliphatic rings. The summed E-state index contributed by atoms with van der Waals surface area (Å²) >= 11 is 0. The Bertz CT molecular complexity index is 276. The van der Waals surface area contributed by atoms with Crippen LogP contribution in [0.5, 0.6) is 0 Å². The van der Waals surface area contributed by atoms with Gasteiger partial charge in [0.1, 0.15) is 0 Å². The third-order valence-electron chi connectivity index (χ3n) is 3.40. The van der Waals surface area contributed by atoms with Gasteiger partial charge in [-0.1, -0.05) is 55.7 Å². The van der Waals surface area contributed by atoms with Crippen molar-refractivity contribution in [2.24, 2.45) is 0 Å². The summed E-state index contributed by atoms with van der Waals surface area (Å²) in [5, 5.41) is 0. The van der Waals surface area contributed by atoms with Crippen molar-refractivity contribution in [3.63, 3.8) is 0 Å². The molecule has 0 aromatic rings. The van der Waals surface area contributed by atoms with Gasteiger partial charge in [0.15, 0.2) is 0 Å². The summed E-state index contributed by atoms with van der Waals surface area (Å²) in [5.74, 6) is 0. The van der Waals surface area contributed by atoms with Gasteiger partial charge in [0.25, 0.3) is 0 Å². The lowest BCUT2D eigenvalue weighted by molar-refractivity contribution is 0.887. The van der Waals surface area contributed by atoms with Gasteiger partial charge in [-0.25, -0.2) is 0 Å². The minimum absolute atomic E-state index is 1.11. The van der Waals surface area contributed by atoms with Crippen molar-refractivity contribution < 1.29 is 0 Å². The van der Waals surface area contributed by atoms with Gasteiger partial charge in [0.05, 0.1) is 0 Å². The van der Waals surface area contributed by atoms with Crippen molar-refractivity contribution in [3.8, 4) is 0 Å². The zero-order valence-corrected chi connectivity index (χ0v) is 12.5. The fraction of sp³-hybridized carbons (Fsp3) is 0.647. The molecule has 0 nitrogen and oxygen atoms in total. The summed E-state index contributed by atoms with van der Waals surface area (Å²) < 4.78 is 0. The number of hydrogen-bond donors (Lipinski definition) is 0. The molecular weight excluding hydrogens is 204 g/mol. The van der Waals surface area contributed by atoms with Gasteiger partial charge >= 0.3 is 0 Å². The van der Waals surface area contributed by atoms with E-state index in [1.807, 2.05) is 0 Å². The Labute approximate surface area is 109 Å². The maximum Gasteiger partial charge on any atom is -0.0164 e. The summed E-state index contributed by atoms with van der Waals surface area (Å²) in [5.41, 5.74) is 4.62. The molecule has 98 valence electrons. The smallest absolute Gasteiger partial charge is 0.0164 e. The molecule has 0 aliphatic carbocycles. The van der Waals surface area contributed by atoms with Gasteiger partial charge in [0.2, 0.25) is 0 Å².